The summed E-state index contributed by atoms with van der Waals surface area (Å²) in [6.45, 7) is 10.7. The van der Waals surface area contributed by atoms with E-state index < -0.39 is 0 Å². The summed E-state index contributed by atoms with van der Waals surface area (Å²) in [5.74, 6) is 0.959. The number of carbonyl (C=O) groups is 1. The average Bonchev–Trinajstić information content (AvgIpc) is 2.33. The molecule has 0 spiro atoms. The van der Waals surface area contributed by atoms with E-state index >= 15 is 0 Å². The van der Waals surface area contributed by atoms with Crippen LogP contribution in [0.25, 0.3) is 0 Å². The van der Waals surface area contributed by atoms with Crippen LogP contribution >= 0.6 is 0 Å². The monoisotopic (exact) mass is 270 g/mol. The molecule has 3 heteroatoms. The minimum Gasteiger partial charge on any atom is -0.356 e. The Balaban J connectivity index is 3.20. The molecule has 0 bridgehead atoms. The molecule has 0 aromatic carbocycles. The first kappa shape index (κ1) is 18.4. The van der Waals surface area contributed by atoms with Crippen LogP contribution in [0.1, 0.15) is 72.6 Å². The molecule has 3 nitrogen and oxygen atoms in total. The Bertz CT molecular complexity index is 215. The summed E-state index contributed by atoms with van der Waals surface area (Å²) in [5.41, 5.74) is 0. The molecule has 0 radical (unpaired) electrons. The van der Waals surface area contributed by atoms with Crippen molar-refractivity contribution in [3.8, 4) is 0 Å². The molecule has 19 heavy (non-hydrogen) atoms. The van der Waals surface area contributed by atoms with E-state index in [1.165, 1.54) is 25.7 Å². The van der Waals surface area contributed by atoms with Crippen LogP contribution in [0.3, 0.4) is 0 Å². The zero-order valence-corrected chi connectivity index (χ0v) is 13.4. The van der Waals surface area contributed by atoms with Gasteiger partial charge in [0.05, 0.1) is 0 Å². The third-order valence-corrected chi connectivity index (χ3v) is 3.16. The lowest BCUT2D eigenvalue weighted by atomic mass is 10.1. The summed E-state index contributed by atoms with van der Waals surface area (Å²) >= 11 is 0. The number of rotatable bonds is 12. The van der Waals surface area contributed by atoms with Gasteiger partial charge in [0.1, 0.15) is 0 Å². The topological polar surface area (TPSA) is 41.1 Å². The SMILES string of the molecule is CC(C)CCCNC(=O)CCCCCCNC(C)C. The van der Waals surface area contributed by atoms with Gasteiger partial charge in [0.2, 0.25) is 5.91 Å². The van der Waals surface area contributed by atoms with Crippen LogP contribution in [0.5, 0.6) is 0 Å². The molecule has 0 saturated heterocycles. The summed E-state index contributed by atoms with van der Waals surface area (Å²) in [6.07, 6.45) is 7.62. The second-order valence-corrected chi connectivity index (χ2v) is 6.16. The van der Waals surface area contributed by atoms with Gasteiger partial charge in [0.25, 0.3) is 0 Å². The molecule has 0 aliphatic heterocycles. The van der Waals surface area contributed by atoms with Gasteiger partial charge in [-0.1, -0.05) is 40.5 Å². The highest BCUT2D eigenvalue weighted by atomic mass is 16.1. The standard InChI is InChI=1S/C16H34N2O/c1-14(2)10-9-13-18-16(19)11-7-5-6-8-12-17-15(3)4/h14-15,17H,5-13H2,1-4H3,(H,18,19). The molecule has 0 unspecified atom stereocenters. The lowest BCUT2D eigenvalue weighted by Gasteiger charge is -2.08. The Morgan fingerprint density at radius 1 is 0.895 bits per heavy atom. The maximum absolute atomic E-state index is 11.5. The first-order valence-electron chi connectivity index (χ1n) is 8.02. The van der Waals surface area contributed by atoms with Gasteiger partial charge in [-0.15, -0.1) is 0 Å². The summed E-state index contributed by atoms with van der Waals surface area (Å²) in [5, 5.41) is 6.41. The second kappa shape index (κ2) is 12.5. The van der Waals surface area contributed by atoms with Crippen molar-refractivity contribution in [1.82, 2.24) is 10.6 Å². The van der Waals surface area contributed by atoms with Gasteiger partial charge in [-0.3, -0.25) is 4.79 Å². The third-order valence-electron chi connectivity index (χ3n) is 3.16. The van der Waals surface area contributed by atoms with Crippen molar-refractivity contribution >= 4 is 5.91 Å². The van der Waals surface area contributed by atoms with Crippen molar-refractivity contribution in [3.63, 3.8) is 0 Å². The quantitative estimate of drug-likeness (QED) is 0.533. The molecule has 1 amide bonds. The fraction of sp³-hybridized carbons (Fsp3) is 0.938. The molecule has 0 heterocycles. The number of amides is 1. The highest BCUT2D eigenvalue weighted by molar-refractivity contribution is 5.75. The van der Waals surface area contributed by atoms with Crippen molar-refractivity contribution in [3.05, 3.63) is 0 Å². The Kier molecular flexibility index (Phi) is 12.1. The van der Waals surface area contributed by atoms with Gasteiger partial charge < -0.3 is 10.6 Å². The van der Waals surface area contributed by atoms with Gasteiger partial charge in [0, 0.05) is 19.0 Å². The van der Waals surface area contributed by atoms with E-state index in [0.717, 1.165) is 31.8 Å². The van der Waals surface area contributed by atoms with Gasteiger partial charge in [0.15, 0.2) is 0 Å². The number of nitrogens with one attached hydrogen (secondary N) is 2. The molecule has 0 aromatic rings. The molecule has 0 saturated carbocycles. The number of carbonyl (C=O) groups excluding carboxylic acids is 1. The predicted molar refractivity (Wildman–Crippen MR) is 83.3 cm³/mol. The van der Waals surface area contributed by atoms with Crippen LogP contribution in [0.15, 0.2) is 0 Å². The van der Waals surface area contributed by atoms with Crippen LogP contribution in [0.4, 0.5) is 0 Å². The smallest absolute Gasteiger partial charge is 0.219 e. The normalized spacial score (nSPS) is 11.3. The van der Waals surface area contributed by atoms with Crippen LogP contribution in [0.2, 0.25) is 0 Å². The summed E-state index contributed by atoms with van der Waals surface area (Å²) in [4.78, 5) is 11.5. The maximum atomic E-state index is 11.5. The van der Waals surface area contributed by atoms with Crippen LogP contribution < -0.4 is 10.6 Å². The predicted octanol–water partition coefficient (Wildman–Crippen LogP) is 3.49. The summed E-state index contributed by atoms with van der Waals surface area (Å²) in [7, 11) is 0. The van der Waals surface area contributed by atoms with Gasteiger partial charge in [-0.2, -0.15) is 0 Å². The number of unbranched alkanes of at least 4 members (excludes halogenated alkanes) is 3. The molecule has 0 aliphatic carbocycles. The Morgan fingerprint density at radius 2 is 1.58 bits per heavy atom. The Labute approximate surface area is 119 Å². The van der Waals surface area contributed by atoms with E-state index in [1.807, 2.05) is 0 Å². The molecular weight excluding hydrogens is 236 g/mol. The second-order valence-electron chi connectivity index (χ2n) is 6.16. The highest BCUT2D eigenvalue weighted by Crippen LogP contribution is 2.04. The fourth-order valence-electron chi connectivity index (χ4n) is 1.98. The van der Waals surface area contributed by atoms with E-state index in [-0.39, 0.29) is 5.91 Å². The van der Waals surface area contributed by atoms with Crippen LogP contribution in [-0.2, 0) is 4.79 Å². The van der Waals surface area contributed by atoms with Crippen molar-refractivity contribution in [2.75, 3.05) is 13.1 Å². The van der Waals surface area contributed by atoms with E-state index in [2.05, 4.69) is 38.3 Å². The van der Waals surface area contributed by atoms with Crippen LogP contribution in [0, 0.1) is 5.92 Å². The highest BCUT2D eigenvalue weighted by Gasteiger charge is 2.01. The molecule has 0 rings (SSSR count). The number of hydrogen-bond donors (Lipinski definition) is 2. The van der Waals surface area contributed by atoms with E-state index in [1.54, 1.807) is 0 Å². The summed E-state index contributed by atoms with van der Waals surface area (Å²) < 4.78 is 0. The van der Waals surface area contributed by atoms with Crippen molar-refractivity contribution in [1.29, 1.82) is 0 Å². The van der Waals surface area contributed by atoms with Crippen molar-refractivity contribution in [2.45, 2.75) is 78.7 Å². The van der Waals surface area contributed by atoms with E-state index in [0.29, 0.717) is 12.5 Å². The molecular formula is C16H34N2O. The van der Waals surface area contributed by atoms with Gasteiger partial charge >= 0.3 is 0 Å². The van der Waals surface area contributed by atoms with Crippen molar-refractivity contribution in [2.24, 2.45) is 5.92 Å². The zero-order valence-electron chi connectivity index (χ0n) is 13.4. The molecule has 0 fully saturated rings. The Morgan fingerprint density at radius 3 is 2.21 bits per heavy atom. The lowest BCUT2D eigenvalue weighted by molar-refractivity contribution is -0.121. The fourth-order valence-corrected chi connectivity index (χ4v) is 1.98. The van der Waals surface area contributed by atoms with Crippen molar-refractivity contribution < 1.29 is 4.79 Å². The molecule has 114 valence electrons. The first-order valence-corrected chi connectivity index (χ1v) is 8.02. The minimum absolute atomic E-state index is 0.226. The minimum atomic E-state index is 0.226. The Hall–Kier alpha value is -0.570. The third kappa shape index (κ3) is 15.4. The van der Waals surface area contributed by atoms with Crippen LogP contribution in [-0.4, -0.2) is 25.0 Å². The lowest BCUT2D eigenvalue weighted by Crippen LogP contribution is -2.24. The molecule has 0 atom stereocenters. The average molecular weight is 270 g/mol. The first-order chi connectivity index (χ1) is 9.02. The molecule has 2 N–H and O–H groups in total. The summed E-state index contributed by atoms with van der Waals surface area (Å²) in [6, 6.07) is 0.580. The molecule has 0 aromatic heterocycles. The van der Waals surface area contributed by atoms with Gasteiger partial charge in [-0.25, -0.2) is 0 Å². The van der Waals surface area contributed by atoms with E-state index in [4.69, 9.17) is 0 Å². The number of hydrogen-bond acceptors (Lipinski definition) is 2. The van der Waals surface area contributed by atoms with Gasteiger partial charge in [-0.05, 0) is 38.1 Å². The van der Waals surface area contributed by atoms with E-state index in [9.17, 15) is 4.79 Å². The zero-order chi connectivity index (χ0) is 14.5. The largest absolute Gasteiger partial charge is 0.356 e. The maximum Gasteiger partial charge on any atom is 0.219 e. The molecule has 0 aliphatic rings.